The van der Waals surface area contributed by atoms with Gasteiger partial charge in [0.05, 0.1) is 0 Å². The molecule has 0 radical (unpaired) electrons. The van der Waals surface area contributed by atoms with Crippen molar-refractivity contribution < 1.29 is 0 Å². The fourth-order valence-electron chi connectivity index (χ4n) is 2.12. The molecule has 0 aliphatic heterocycles. The topological polar surface area (TPSA) is 17.8 Å². The number of aryl methyl sites for hydroxylation is 3. The van der Waals surface area contributed by atoms with Crippen LogP contribution in [0.2, 0.25) is 5.02 Å². The second-order valence-corrected chi connectivity index (χ2v) is 4.91. The molecular weight excluding hydrogens is 244 g/mol. The van der Waals surface area contributed by atoms with Crippen molar-refractivity contribution in [3.05, 3.63) is 53.1 Å². The van der Waals surface area contributed by atoms with Crippen LogP contribution in [0.4, 0.5) is 0 Å². The molecule has 0 unspecified atom stereocenters. The van der Waals surface area contributed by atoms with Crippen LogP contribution in [0.15, 0.2) is 36.7 Å². The monoisotopic (exact) mass is 262 g/mol. The van der Waals surface area contributed by atoms with Crippen molar-refractivity contribution in [1.82, 2.24) is 9.55 Å². The van der Waals surface area contributed by atoms with Gasteiger partial charge in [0.25, 0.3) is 0 Å². The molecule has 1 aromatic carbocycles. The quantitative estimate of drug-likeness (QED) is 0.716. The maximum Gasteiger partial charge on any atom is 0.108 e. The van der Waals surface area contributed by atoms with Crippen LogP contribution in [0, 0.1) is 0 Å². The lowest BCUT2D eigenvalue weighted by Gasteiger charge is -2.06. The highest BCUT2D eigenvalue weighted by molar-refractivity contribution is 6.30. The van der Waals surface area contributed by atoms with Crippen molar-refractivity contribution in [2.45, 2.75) is 39.2 Å². The molecule has 0 bridgehead atoms. The highest BCUT2D eigenvalue weighted by atomic mass is 35.5. The van der Waals surface area contributed by atoms with E-state index in [0.29, 0.717) is 0 Å². The van der Waals surface area contributed by atoms with E-state index in [1.807, 2.05) is 18.3 Å². The standard InChI is InChI=1S/C15H19ClN2/c1-2-15-17-10-12-18(15)11-4-3-5-13-6-8-14(16)9-7-13/h6-10,12H,2-5,11H2,1H3. The Kier molecular flexibility index (Phi) is 4.82. The number of imidazole rings is 1. The molecule has 0 spiro atoms. The van der Waals surface area contributed by atoms with E-state index in [0.717, 1.165) is 24.4 Å². The van der Waals surface area contributed by atoms with E-state index in [1.54, 1.807) is 0 Å². The van der Waals surface area contributed by atoms with Gasteiger partial charge in [0, 0.05) is 30.4 Å². The lowest BCUT2D eigenvalue weighted by molar-refractivity contribution is 0.588. The highest BCUT2D eigenvalue weighted by Crippen LogP contribution is 2.12. The van der Waals surface area contributed by atoms with E-state index in [9.17, 15) is 0 Å². The predicted molar refractivity (Wildman–Crippen MR) is 76.0 cm³/mol. The summed E-state index contributed by atoms with van der Waals surface area (Å²) in [5.74, 6) is 1.18. The normalized spacial score (nSPS) is 10.8. The molecule has 2 nitrogen and oxygen atoms in total. The van der Waals surface area contributed by atoms with Crippen molar-refractivity contribution in [3.63, 3.8) is 0 Å². The summed E-state index contributed by atoms with van der Waals surface area (Å²) in [6.07, 6.45) is 8.46. The molecule has 0 saturated heterocycles. The summed E-state index contributed by atoms with van der Waals surface area (Å²) in [6.45, 7) is 3.21. The summed E-state index contributed by atoms with van der Waals surface area (Å²) >= 11 is 5.86. The van der Waals surface area contributed by atoms with Crippen molar-refractivity contribution >= 4 is 11.6 Å². The summed E-state index contributed by atoms with van der Waals surface area (Å²) in [4.78, 5) is 4.33. The lowest BCUT2D eigenvalue weighted by atomic mass is 10.1. The van der Waals surface area contributed by atoms with Crippen molar-refractivity contribution in [2.24, 2.45) is 0 Å². The van der Waals surface area contributed by atoms with Gasteiger partial charge >= 0.3 is 0 Å². The van der Waals surface area contributed by atoms with Gasteiger partial charge in [0.15, 0.2) is 0 Å². The Hall–Kier alpha value is -1.28. The smallest absolute Gasteiger partial charge is 0.108 e. The van der Waals surface area contributed by atoms with Crippen LogP contribution in [0.1, 0.15) is 31.2 Å². The SMILES string of the molecule is CCc1nccn1CCCCc1ccc(Cl)cc1. The molecule has 1 aromatic heterocycles. The van der Waals surface area contributed by atoms with E-state index >= 15 is 0 Å². The molecule has 0 amide bonds. The maximum atomic E-state index is 5.86. The van der Waals surface area contributed by atoms with Gasteiger partial charge in [0.2, 0.25) is 0 Å². The number of hydrogen-bond donors (Lipinski definition) is 0. The fraction of sp³-hybridized carbons (Fsp3) is 0.400. The minimum atomic E-state index is 0.810. The number of nitrogens with zero attached hydrogens (tertiary/aromatic N) is 2. The van der Waals surface area contributed by atoms with Crippen LogP contribution in [0.5, 0.6) is 0 Å². The largest absolute Gasteiger partial charge is 0.335 e. The Bertz CT molecular complexity index is 473. The second kappa shape index (κ2) is 6.60. The number of rotatable bonds is 6. The number of halogens is 1. The molecule has 0 aliphatic carbocycles. The minimum absolute atomic E-state index is 0.810. The molecule has 2 aromatic rings. The number of unbranched alkanes of at least 4 members (excludes halogenated alkanes) is 1. The van der Waals surface area contributed by atoms with E-state index in [4.69, 9.17) is 11.6 Å². The minimum Gasteiger partial charge on any atom is -0.335 e. The van der Waals surface area contributed by atoms with Crippen LogP contribution in [-0.4, -0.2) is 9.55 Å². The van der Waals surface area contributed by atoms with Crippen LogP contribution in [-0.2, 0) is 19.4 Å². The van der Waals surface area contributed by atoms with Gasteiger partial charge in [-0.05, 0) is 37.0 Å². The van der Waals surface area contributed by atoms with Gasteiger partial charge in [-0.3, -0.25) is 0 Å². The first-order valence-electron chi connectivity index (χ1n) is 6.54. The summed E-state index contributed by atoms with van der Waals surface area (Å²) in [5, 5.41) is 0.810. The number of hydrogen-bond acceptors (Lipinski definition) is 1. The van der Waals surface area contributed by atoms with Gasteiger partial charge in [-0.1, -0.05) is 30.7 Å². The van der Waals surface area contributed by atoms with Crippen LogP contribution in [0.3, 0.4) is 0 Å². The summed E-state index contributed by atoms with van der Waals surface area (Å²) in [6, 6.07) is 8.14. The van der Waals surface area contributed by atoms with Gasteiger partial charge < -0.3 is 4.57 Å². The Morgan fingerprint density at radius 3 is 2.67 bits per heavy atom. The first-order chi connectivity index (χ1) is 8.79. The molecule has 18 heavy (non-hydrogen) atoms. The molecule has 2 rings (SSSR count). The highest BCUT2D eigenvalue weighted by Gasteiger charge is 1.99. The van der Waals surface area contributed by atoms with Crippen molar-refractivity contribution in [3.8, 4) is 0 Å². The zero-order valence-electron chi connectivity index (χ0n) is 10.8. The average Bonchev–Trinajstić information content (AvgIpc) is 2.84. The third-order valence-corrected chi connectivity index (χ3v) is 3.40. The summed E-state index contributed by atoms with van der Waals surface area (Å²) in [5.41, 5.74) is 1.36. The van der Waals surface area contributed by atoms with Gasteiger partial charge in [-0.15, -0.1) is 0 Å². The predicted octanol–water partition coefficient (Wildman–Crippen LogP) is 4.12. The third-order valence-electron chi connectivity index (χ3n) is 3.15. The number of aromatic nitrogens is 2. The molecule has 0 N–H and O–H groups in total. The Balaban J connectivity index is 1.74. The Morgan fingerprint density at radius 1 is 1.17 bits per heavy atom. The zero-order valence-corrected chi connectivity index (χ0v) is 11.5. The molecule has 96 valence electrons. The van der Waals surface area contributed by atoms with Crippen molar-refractivity contribution in [2.75, 3.05) is 0 Å². The van der Waals surface area contributed by atoms with E-state index in [2.05, 4.69) is 34.8 Å². The van der Waals surface area contributed by atoms with E-state index in [-0.39, 0.29) is 0 Å². The second-order valence-electron chi connectivity index (χ2n) is 4.47. The molecule has 0 atom stereocenters. The summed E-state index contributed by atoms with van der Waals surface area (Å²) in [7, 11) is 0. The molecule has 1 heterocycles. The van der Waals surface area contributed by atoms with Gasteiger partial charge in [-0.25, -0.2) is 4.98 Å². The van der Waals surface area contributed by atoms with Crippen LogP contribution < -0.4 is 0 Å². The van der Waals surface area contributed by atoms with E-state index < -0.39 is 0 Å². The molecule has 0 saturated carbocycles. The third kappa shape index (κ3) is 3.61. The maximum absolute atomic E-state index is 5.86. The first-order valence-corrected chi connectivity index (χ1v) is 6.92. The molecule has 0 aliphatic rings. The molecule has 3 heteroatoms. The average molecular weight is 263 g/mol. The fourth-order valence-corrected chi connectivity index (χ4v) is 2.25. The molecule has 0 fully saturated rings. The zero-order chi connectivity index (χ0) is 12.8. The van der Waals surface area contributed by atoms with E-state index in [1.165, 1.54) is 24.2 Å². The van der Waals surface area contributed by atoms with Gasteiger partial charge in [0.1, 0.15) is 5.82 Å². The molecular formula is C15H19ClN2. The van der Waals surface area contributed by atoms with Gasteiger partial charge in [-0.2, -0.15) is 0 Å². The summed E-state index contributed by atoms with van der Waals surface area (Å²) < 4.78 is 2.25. The lowest BCUT2D eigenvalue weighted by Crippen LogP contribution is -2.02. The first kappa shape index (κ1) is 13.2. The Labute approximate surface area is 114 Å². The van der Waals surface area contributed by atoms with Crippen LogP contribution in [0.25, 0.3) is 0 Å². The Morgan fingerprint density at radius 2 is 1.94 bits per heavy atom. The van der Waals surface area contributed by atoms with Crippen molar-refractivity contribution in [1.29, 1.82) is 0 Å². The van der Waals surface area contributed by atoms with Crippen LogP contribution >= 0.6 is 11.6 Å². The number of benzene rings is 1.